The summed E-state index contributed by atoms with van der Waals surface area (Å²) in [6.07, 6.45) is 7.68. The van der Waals surface area contributed by atoms with Crippen LogP contribution in [0.15, 0.2) is 0 Å². The summed E-state index contributed by atoms with van der Waals surface area (Å²) in [4.78, 5) is 0. The van der Waals surface area contributed by atoms with Crippen molar-refractivity contribution in [2.24, 2.45) is 11.1 Å². The lowest BCUT2D eigenvalue weighted by atomic mass is 9.72. The van der Waals surface area contributed by atoms with Crippen LogP contribution in [0.3, 0.4) is 0 Å². The van der Waals surface area contributed by atoms with E-state index >= 15 is 0 Å². The molecule has 2 N–H and O–H groups in total. The molecule has 0 aliphatic heterocycles. The summed E-state index contributed by atoms with van der Waals surface area (Å²) in [7, 11) is 1.68. The molecule has 0 atom stereocenters. The van der Waals surface area contributed by atoms with Crippen LogP contribution in [0.5, 0.6) is 0 Å². The Hall–Kier alpha value is -0.160. The molecular formula is C14H29NO3. The molecule has 1 aliphatic carbocycles. The lowest BCUT2D eigenvalue weighted by molar-refractivity contribution is 0.0135. The third kappa shape index (κ3) is 6.14. The van der Waals surface area contributed by atoms with Gasteiger partial charge in [0.1, 0.15) is 0 Å². The van der Waals surface area contributed by atoms with E-state index in [2.05, 4.69) is 0 Å². The van der Waals surface area contributed by atoms with E-state index in [1.54, 1.807) is 7.11 Å². The molecule has 1 fully saturated rings. The van der Waals surface area contributed by atoms with Crippen molar-refractivity contribution >= 4 is 0 Å². The Bertz CT molecular complexity index is 193. The average molecular weight is 259 g/mol. The van der Waals surface area contributed by atoms with Crippen LogP contribution < -0.4 is 5.73 Å². The van der Waals surface area contributed by atoms with Gasteiger partial charge < -0.3 is 19.9 Å². The van der Waals surface area contributed by atoms with Gasteiger partial charge in [0.05, 0.1) is 26.4 Å². The minimum Gasteiger partial charge on any atom is -0.382 e. The highest BCUT2D eigenvalue weighted by Crippen LogP contribution is 2.38. The first kappa shape index (κ1) is 15.9. The van der Waals surface area contributed by atoms with Gasteiger partial charge in [0.15, 0.2) is 0 Å². The van der Waals surface area contributed by atoms with Gasteiger partial charge in [0.25, 0.3) is 0 Å². The number of ether oxygens (including phenoxy) is 3. The molecule has 0 aromatic heterocycles. The van der Waals surface area contributed by atoms with Gasteiger partial charge in [0.2, 0.25) is 0 Å². The second kappa shape index (κ2) is 9.73. The fourth-order valence-corrected chi connectivity index (χ4v) is 2.61. The lowest BCUT2D eigenvalue weighted by Gasteiger charge is -2.36. The Labute approximate surface area is 111 Å². The first-order valence-electron chi connectivity index (χ1n) is 7.17. The Morgan fingerprint density at radius 3 is 2.11 bits per heavy atom. The van der Waals surface area contributed by atoms with Crippen molar-refractivity contribution in [1.82, 2.24) is 0 Å². The van der Waals surface area contributed by atoms with E-state index in [0.29, 0.717) is 31.8 Å². The average Bonchev–Trinajstić information content (AvgIpc) is 2.43. The molecule has 0 radical (unpaired) electrons. The fraction of sp³-hybridized carbons (Fsp3) is 1.00. The third-order valence-corrected chi connectivity index (χ3v) is 3.93. The van der Waals surface area contributed by atoms with Crippen molar-refractivity contribution in [3.8, 4) is 0 Å². The van der Waals surface area contributed by atoms with Gasteiger partial charge in [-0.1, -0.05) is 19.3 Å². The minimum absolute atomic E-state index is 0.356. The molecule has 0 spiro atoms. The lowest BCUT2D eigenvalue weighted by Crippen LogP contribution is -2.34. The van der Waals surface area contributed by atoms with Gasteiger partial charge in [-0.3, -0.25) is 0 Å². The first-order valence-corrected chi connectivity index (χ1v) is 7.17. The van der Waals surface area contributed by atoms with Crippen LogP contribution in [0.1, 0.15) is 38.5 Å². The molecule has 1 saturated carbocycles. The maximum absolute atomic E-state index is 5.94. The maximum atomic E-state index is 5.94. The summed E-state index contributed by atoms with van der Waals surface area (Å²) in [5.74, 6) is 0. The van der Waals surface area contributed by atoms with Crippen molar-refractivity contribution in [2.75, 3.05) is 46.7 Å². The van der Waals surface area contributed by atoms with E-state index in [4.69, 9.17) is 19.9 Å². The van der Waals surface area contributed by atoms with Gasteiger partial charge in [-0.2, -0.15) is 0 Å². The van der Waals surface area contributed by atoms with E-state index in [9.17, 15) is 0 Å². The number of rotatable bonds is 10. The van der Waals surface area contributed by atoms with Crippen LogP contribution in [0.2, 0.25) is 0 Å². The van der Waals surface area contributed by atoms with Crippen molar-refractivity contribution in [1.29, 1.82) is 0 Å². The molecule has 0 heterocycles. The molecule has 0 saturated heterocycles. The zero-order valence-electron chi connectivity index (χ0n) is 11.8. The molecule has 18 heavy (non-hydrogen) atoms. The smallest absolute Gasteiger partial charge is 0.0701 e. The molecule has 108 valence electrons. The second-order valence-electron chi connectivity index (χ2n) is 5.23. The molecule has 1 aliphatic rings. The largest absolute Gasteiger partial charge is 0.382 e. The van der Waals surface area contributed by atoms with Crippen LogP contribution in [-0.2, 0) is 14.2 Å². The molecule has 1 rings (SSSR count). The van der Waals surface area contributed by atoms with Crippen LogP contribution in [0, 0.1) is 5.41 Å². The van der Waals surface area contributed by atoms with Crippen molar-refractivity contribution in [2.45, 2.75) is 38.5 Å². The van der Waals surface area contributed by atoms with Crippen LogP contribution in [0.4, 0.5) is 0 Å². The van der Waals surface area contributed by atoms with E-state index in [1.807, 2.05) is 0 Å². The van der Waals surface area contributed by atoms with Crippen LogP contribution in [0.25, 0.3) is 0 Å². The summed E-state index contributed by atoms with van der Waals surface area (Å²) < 4.78 is 15.9. The Morgan fingerprint density at radius 1 is 0.889 bits per heavy atom. The number of hydrogen-bond acceptors (Lipinski definition) is 4. The van der Waals surface area contributed by atoms with Gasteiger partial charge in [-0.05, 0) is 31.2 Å². The minimum atomic E-state index is 0.356. The summed E-state index contributed by atoms with van der Waals surface area (Å²) in [5, 5.41) is 0. The van der Waals surface area contributed by atoms with E-state index < -0.39 is 0 Å². The Morgan fingerprint density at radius 2 is 1.50 bits per heavy atom. The molecule has 0 aromatic carbocycles. The summed E-state index contributed by atoms with van der Waals surface area (Å²) in [6, 6.07) is 0. The summed E-state index contributed by atoms with van der Waals surface area (Å²) in [5.41, 5.74) is 6.30. The molecule has 0 aromatic rings. The van der Waals surface area contributed by atoms with Gasteiger partial charge >= 0.3 is 0 Å². The topological polar surface area (TPSA) is 53.7 Å². The number of nitrogens with two attached hydrogens (primary N) is 1. The highest BCUT2D eigenvalue weighted by atomic mass is 16.5. The maximum Gasteiger partial charge on any atom is 0.0701 e. The normalized spacial score (nSPS) is 19.0. The second-order valence-corrected chi connectivity index (χ2v) is 5.23. The third-order valence-electron chi connectivity index (χ3n) is 3.93. The molecule has 0 bridgehead atoms. The standard InChI is InChI=1S/C14H29NO3/c1-16-9-10-18-12-11-17-8-7-14(13-15)5-3-2-4-6-14/h2-13,15H2,1H3. The van der Waals surface area contributed by atoms with E-state index in [1.165, 1.54) is 32.1 Å². The van der Waals surface area contributed by atoms with Crippen LogP contribution in [-0.4, -0.2) is 46.7 Å². The number of hydrogen-bond donors (Lipinski definition) is 1. The quantitative estimate of drug-likeness (QED) is 0.609. The Balaban J connectivity index is 1.98. The fourth-order valence-electron chi connectivity index (χ4n) is 2.61. The van der Waals surface area contributed by atoms with E-state index in [-0.39, 0.29) is 0 Å². The number of methoxy groups -OCH3 is 1. The zero-order valence-corrected chi connectivity index (χ0v) is 11.8. The first-order chi connectivity index (χ1) is 8.83. The Kier molecular flexibility index (Phi) is 8.59. The van der Waals surface area contributed by atoms with Gasteiger partial charge in [-0.25, -0.2) is 0 Å². The van der Waals surface area contributed by atoms with Gasteiger partial charge in [-0.15, -0.1) is 0 Å². The predicted octanol–water partition coefficient (Wildman–Crippen LogP) is 1.97. The molecule has 0 unspecified atom stereocenters. The highest BCUT2D eigenvalue weighted by molar-refractivity contribution is 4.83. The summed E-state index contributed by atoms with van der Waals surface area (Å²) >= 11 is 0. The van der Waals surface area contributed by atoms with Gasteiger partial charge in [0, 0.05) is 13.7 Å². The van der Waals surface area contributed by atoms with Crippen LogP contribution >= 0.6 is 0 Å². The van der Waals surface area contributed by atoms with Crippen molar-refractivity contribution in [3.63, 3.8) is 0 Å². The summed E-state index contributed by atoms with van der Waals surface area (Å²) in [6.45, 7) is 4.23. The SMILES string of the molecule is COCCOCCOCCC1(CN)CCCCC1. The highest BCUT2D eigenvalue weighted by Gasteiger charge is 2.29. The molecule has 4 heteroatoms. The molecule has 4 nitrogen and oxygen atoms in total. The predicted molar refractivity (Wildman–Crippen MR) is 72.7 cm³/mol. The van der Waals surface area contributed by atoms with E-state index in [0.717, 1.165) is 19.6 Å². The molecular weight excluding hydrogens is 230 g/mol. The van der Waals surface area contributed by atoms with Crippen molar-refractivity contribution < 1.29 is 14.2 Å². The zero-order chi connectivity index (χ0) is 13.1. The monoisotopic (exact) mass is 259 g/mol. The molecule has 0 amide bonds. The van der Waals surface area contributed by atoms with Crippen molar-refractivity contribution in [3.05, 3.63) is 0 Å².